The van der Waals surface area contributed by atoms with Crippen molar-refractivity contribution in [2.24, 2.45) is 0 Å². The van der Waals surface area contributed by atoms with Crippen LogP contribution in [-0.2, 0) is 0 Å². The third-order valence-electron chi connectivity index (χ3n) is 2.48. The van der Waals surface area contributed by atoms with E-state index in [0.717, 1.165) is 18.7 Å². The van der Waals surface area contributed by atoms with E-state index in [2.05, 4.69) is 22.2 Å². The maximum atomic E-state index is 5.95. The minimum absolute atomic E-state index is 0.444. The summed E-state index contributed by atoms with van der Waals surface area (Å²) in [4.78, 5) is 8.59. The number of nitrogens with zero attached hydrogens (tertiary/aromatic N) is 2. The number of hydrogen-bond donors (Lipinski definition) is 1. The maximum Gasteiger partial charge on any atom is 0.226 e. The molecule has 1 heterocycles. The lowest BCUT2D eigenvalue weighted by Gasteiger charge is -2.09. The molecule has 0 saturated carbocycles. The molecule has 0 saturated heterocycles. The number of aromatic nitrogens is 2. The normalized spacial score (nSPS) is 10.4. The van der Waals surface area contributed by atoms with Gasteiger partial charge in [-0.3, -0.25) is 0 Å². The van der Waals surface area contributed by atoms with E-state index in [1.807, 2.05) is 6.92 Å². The summed E-state index contributed by atoms with van der Waals surface area (Å²) in [6.07, 6.45) is 1.00. The van der Waals surface area contributed by atoms with Crippen molar-refractivity contribution in [2.45, 2.75) is 20.3 Å². The van der Waals surface area contributed by atoms with E-state index in [-0.39, 0.29) is 0 Å². The first-order valence-corrected chi connectivity index (χ1v) is 7.06. The van der Waals surface area contributed by atoms with Crippen molar-refractivity contribution in [1.82, 2.24) is 9.97 Å². The fraction of sp³-hybridized carbons (Fsp3) is 0.286. The van der Waals surface area contributed by atoms with Crippen LogP contribution >= 0.6 is 23.2 Å². The van der Waals surface area contributed by atoms with Gasteiger partial charge in [-0.25, -0.2) is 4.98 Å². The second kappa shape index (κ2) is 6.77. The number of anilines is 1. The number of nitrogens with one attached hydrogen (secondary N) is 1. The predicted molar refractivity (Wildman–Crippen MR) is 82.1 cm³/mol. The summed E-state index contributed by atoms with van der Waals surface area (Å²) < 4.78 is 5.68. The summed E-state index contributed by atoms with van der Waals surface area (Å²) in [6.45, 7) is 4.78. The average Bonchev–Trinajstić information content (AvgIpc) is 2.40. The molecule has 1 aromatic heterocycles. The molecule has 1 aromatic carbocycles. The van der Waals surface area contributed by atoms with Gasteiger partial charge < -0.3 is 10.1 Å². The second-order valence-electron chi connectivity index (χ2n) is 4.28. The highest BCUT2D eigenvalue weighted by Gasteiger charge is 2.06. The van der Waals surface area contributed by atoms with E-state index in [4.69, 9.17) is 27.9 Å². The molecule has 0 atom stereocenters. The van der Waals surface area contributed by atoms with Crippen LogP contribution in [0.25, 0.3) is 0 Å². The minimum Gasteiger partial charge on any atom is -0.439 e. The maximum absolute atomic E-state index is 5.95. The van der Waals surface area contributed by atoms with E-state index in [9.17, 15) is 0 Å². The van der Waals surface area contributed by atoms with Gasteiger partial charge in [0, 0.05) is 24.4 Å². The van der Waals surface area contributed by atoms with Crippen LogP contribution in [0.2, 0.25) is 10.0 Å². The lowest BCUT2D eigenvalue weighted by molar-refractivity contribution is 0.461. The summed E-state index contributed by atoms with van der Waals surface area (Å²) in [7, 11) is 0. The van der Waals surface area contributed by atoms with Gasteiger partial charge in [-0.15, -0.1) is 0 Å². The second-order valence-corrected chi connectivity index (χ2v) is 5.09. The van der Waals surface area contributed by atoms with Gasteiger partial charge in [-0.1, -0.05) is 30.1 Å². The van der Waals surface area contributed by atoms with E-state index in [1.165, 1.54) is 0 Å². The van der Waals surface area contributed by atoms with Crippen LogP contribution in [0.15, 0.2) is 24.3 Å². The molecular weight excluding hydrogens is 297 g/mol. The molecule has 2 rings (SSSR count). The molecule has 0 radical (unpaired) electrons. The van der Waals surface area contributed by atoms with Gasteiger partial charge in [0.15, 0.2) is 0 Å². The molecule has 0 aliphatic heterocycles. The zero-order valence-electron chi connectivity index (χ0n) is 11.3. The average molecular weight is 312 g/mol. The van der Waals surface area contributed by atoms with Gasteiger partial charge in [0.2, 0.25) is 11.8 Å². The van der Waals surface area contributed by atoms with Crippen molar-refractivity contribution in [1.29, 1.82) is 0 Å². The van der Waals surface area contributed by atoms with Crippen molar-refractivity contribution in [3.63, 3.8) is 0 Å². The molecule has 0 aliphatic rings. The smallest absolute Gasteiger partial charge is 0.226 e. The molecule has 0 spiro atoms. The third kappa shape index (κ3) is 3.99. The quantitative estimate of drug-likeness (QED) is 0.869. The molecule has 4 nitrogen and oxygen atoms in total. The highest BCUT2D eigenvalue weighted by atomic mass is 35.5. The summed E-state index contributed by atoms with van der Waals surface area (Å²) in [6, 6.07) is 6.84. The standard InChI is InChI=1S/C14H15Cl2N3O/c1-3-6-17-14-18-9(2)7-13(19-14)20-10-4-5-11(15)12(16)8-10/h4-5,7-8H,3,6H2,1-2H3,(H,17,18,19). The molecule has 0 unspecified atom stereocenters. The Balaban J connectivity index is 2.19. The Kier molecular flexibility index (Phi) is 5.04. The number of hydrogen-bond acceptors (Lipinski definition) is 4. The molecule has 0 amide bonds. The fourth-order valence-corrected chi connectivity index (χ4v) is 1.86. The SMILES string of the molecule is CCCNc1nc(C)cc(Oc2ccc(Cl)c(Cl)c2)n1. The Bertz CT molecular complexity index is 605. The van der Waals surface area contributed by atoms with Crippen LogP contribution in [0.5, 0.6) is 11.6 Å². The molecule has 0 bridgehead atoms. The van der Waals surface area contributed by atoms with E-state index in [1.54, 1.807) is 24.3 Å². The Morgan fingerprint density at radius 2 is 1.95 bits per heavy atom. The first-order valence-electron chi connectivity index (χ1n) is 6.31. The highest BCUT2D eigenvalue weighted by Crippen LogP contribution is 2.29. The third-order valence-corrected chi connectivity index (χ3v) is 3.22. The van der Waals surface area contributed by atoms with Crippen molar-refractivity contribution >= 4 is 29.2 Å². The minimum atomic E-state index is 0.444. The lowest BCUT2D eigenvalue weighted by atomic mass is 10.3. The van der Waals surface area contributed by atoms with E-state index in [0.29, 0.717) is 27.6 Å². The largest absolute Gasteiger partial charge is 0.439 e. The van der Waals surface area contributed by atoms with Crippen LogP contribution < -0.4 is 10.1 Å². The lowest BCUT2D eigenvalue weighted by Crippen LogP contribution is -2.05. The van der Waals surface area contributed by atoms with Gasteiger partial charge in [0.05, 0.1) is 10.0 Å². The molecule has 0 aliphatic carbocycles. The fourth-order valence-electron chi connectivity index (χ4n) is 1.57. The van der Waals surface area contributed by atoms with E-state index >= 15 is 0 Å². The molecule has 0 fully saturated rings. The van der Waals surface area contributed by atoms with Crippen molar-refractivity contribution < 1.29 is 4.74 Å². The van der Waals surface area contributed by atoms with Crippen molar-refractivity contribution in [2.75, 3.05) is 11.9 Å². The van der Waals surface area contributed by atoms with Gasteiger partial charge in [0.1, 0.15) is 5.75 Å². The van der Waals surface area contributed by atoms with Crippen LogP contribution in [-0.4, -0.2) is 16.5 Å². The molecule has 20 heavy (non-hydrogen) atoms. The molecule has 1 N–H and O–H groups in total. The van der Waals surface area contributed by atoms with Crippen LogP contribution in [0.1, 0.15) is 19.0 Å². The van der Waals surface area contributed by atoms with Crippen LogP contribution in [0, 0.1) is 6.92 Å². The van der Waals surface area contributed by atoms with Crippen LogP contribution in [0.4, 0.5) is 5.95 Å². The van der Waals surface area contributed by atoms with E-state index < -0.39 is 0 Å². The van der Waals surface area contributed by atoms with Gasteiger partial charge >= 0.3 is 0 Å². The van der Waals surface area contributed by atoms with Crippen molar-refractivity contribution in [3.05, 3.63) is 40.0 Å². The van der Waals surface area contributed by atoms with Crippen LogP contribution in [0.3, 0.4) is 0 Å². The van der Waals surface area contributed by atoms with Gasteiger partial charge in [-0.2, -0.15) is 4.98 Å². The Labute approximate surface area is 128 Å². The summed E-state index contributed by atoms with van der Waals surface area (Å²) in [5.74, 6) is 1.61. The topological polar surface area (TPSA) is 47.0 Å². The number of benzene rings is 1. The first kappa shape index (κ1) is 14.9. The Morgan fingerprint density at radius 3 is 2.65 bits per heavy atom. The Morgan fingerprint density at radius 1 is 1.15 bits per heavy atom. The highest BCUT2D eigenvalue weighted by molar-refractivity contribution is 6.42. The molecular formula is C14H15Cl2N3O. The number of rotatable bonds is 5. The zero-order chi connectivity index (χ0) is 14.5. The molecule has 6 heteroatoms. The summed E-state index contributed by atoms with van der Waals surface area (Å²) in [5.41, 5.74) is 0.827. The molecule has 106 valence electrons. The summed E-state index contributed by atoms with van der Waals surface area (Å²) in [5, 5.41) is 4.07. The number of aryl methyl sites for hydroxylation is 1. The monoisotopic (exact) mass is 311 g/mol. The van der Waals surface area contributed by atoms with Gasteiger partial charge in [0.25, 0.3) is 0 Å². The predicted octanol–water partition coefficient (Wildman–Crippen LogP) is 4.71. The first-order chi connectivity index (χ1) is 9.58. The Hall–Kier alpha value is -1.52. The summed E-state index contributed by atoms with van der Waals surface area (Å²) >= 11 is 11.8. The van der Waals surface area contributed by atoms with Gasteiger partial charge in [-0.05, 0) is 25.5 Å². The molecule has 2 aromatic rings. The van der Waals surface area contributed by atoms with Crippen molar-refractivity contribution in [3.8, 4) is 11.6 Å². The number of halogens is 2. The number of ether oxygens (including phenoxy) is 1. The zero-order valence-corrected chi connectivity index (χ0v) is 12.8.